The first-order valence-corrected chi connectivity index (χ1v) is 14.6. The zero-order valence-electron chi connectivity index (χ0n) is 19.6. The number of thiazole rings is 2. The highest BCUT2D eigenvalue weighted by Gasteiger charge is 2.38. The molecule has 1 aliphatic rings. The fourth-order valence-electron chi connectivity index (χ4n) is 4.24. The van der Waals surface area contributed by atoms with Gasteiger partial charge in [-0.3, -0.25) is 4.79 Å². The Morgan fingerprint density at radius 1 is 1.17 bits per heavy atom. The van der Waals surface area contributed by atoms with E-state index in [1.165, 1.54) is 11.3 Å². The number of nitrogens with zero attached hydrogens (tertiary/aromatic N) is 4. The molecule has 1 atom stereocenters. The molecule has 4 aromatic rings. The molecule has 3 aromatic heterocycles. The lowest BCUT2D eigenvalue weighted by Crippen LogP contribution is -2.26. The summed E-state index contributed by atoms with van der Waals surface area (Å²) >= 11 is 3.08. The summed E-state index contributed by atoms with van der Waals surface area (Å²) < 4.78 is 24.0. The normalized spacial score (nSPS) is 15.7. The lowest BCUT2D eigenvalue weighted by molar-refractivity contribution is -0.115. The van der Waals surface area contributed by atoms with Crippen LogP contribution in [0.5, 0.6) is 0 Å². The average molecular weight is 528 g/mol. The highest BCUT2D eigenvalue weighted by Crippen LogP contribution is 2.46. The minimum absolute atomic E-state index is 0.0478. The number of benzene rings is 1. The summed E-state index contributed by atoms with van der Waals surface area (Å²) in [5.74, 6) is 0.171. The maximum Gasteiger partial charge on any atom is 0.230 e. The molecule has 1 aromatic carbocycles. The number of amides is 1. The second-order valence-corrected chi connectivity index (χ2v) is 13.1. The standard InChI is InChI=1S/C24H25N5O3S3/c1-4-35(31,32)16-9-7-15(8-10-16)12-19(30)27-23-28-20-18(33-23)13-29(21(20)14(2)3)24-26-17-6-5-11-25-22(17)34-24/h5-11,14,21H,4,12-13H2,1-3H3,(H,27,28,30). The van der Waals surface area contributed by atoms with Crippen LogP contribution in [0, 0.1) is 5.92 Å². The molecule has 1 aliphatic heterocycles. The van der Waals surface area contributed by atoms with Crippen molar-refractivity contribution >= 4 is 59.0 Å². The minimum Gasteiger partial charge on any atom is -0.334 e. The maximum atomic E-state index is 12.7. The Hall–Kier alpha value is -2.89. The predicted molar refractivity (Wildman–Crippen MR) is 140 cm³/mol. The van der Waals surface area contributed by atoms with Crippen molar-refractivity contribution in [3.8, 4) is 0 Å². The highest BCUT2D eigenvalue weighted by molar-refractivity contribution is 7.91. The summed E-state index contributed by atoms with van der Waals surface area (Å²) in [5.41, 5.74) is 2.63. The van der Waals surface area contributed by atoms with Crippen molar-refractivity contribution in [2.45, 2.75) is 44.7 Å². The molecule has 0 aliphatic carbocycles. The molecule has 0 radical (unpaired) electrons. The Morgan fingerprint density at radius 2 is 1.94 bits per heavy atom. The van der Waals surface area contributed by atoms with Crippen LogP contribution < -0.4 is 10.2 Å². The van der Waals surface area contributed by atoms with Crippen LogP contribution in [-0.2, 0) is 27.6 Å². The van der Waals surface area contributed by atoms with Crippen LogP contribution in [0.25, 0.3) is 10.3 Å². The first kappa shape index (κ1) is 23.8. The van der Waals surface area contributed by atoms with Gasteiger partial charge in [-0.15, -0.1) is 0 Å². The fraction of sp³-hybridized carbons (Fsp3) is 0.333. The summed E-state index contributed by atoms with van der Waals surface area (Å²) in [6.45, 7) is 6.64. The van der Waals surface area contributed by atoms with Gasteiger partial charge in [0, 0.05) is 6.20 Å². The van der Waals surface area contributed by atoms with Crippen LogP contribution in [0.1, 0.15) is 42.9 Å². The number of hydrogen-bond acceptors (Lipinski definition) is 9. The molecule has 0 fully saturated rings. The molecule has 1 unspecified atom stereocenters. The molecule has 35 heavy (non-hydrogen) atoms. The van der Waals surface area contributed by atoms with E-state index in [1.807, 2.05) is 12.1 Å². The second-order valence-electron chi connectivity index (χ2n) is 8.74. The van der Waals surface area contributed by atoms with Gasteiger partial charge in [-0.1, -0.05) is 55.6 Å². The van der Waals surface area contributed by atoms with E-state index in [1.54, 1.807) is 48.7 Å². The van der Waals surface area contributed by atoms with Crippen molar-refractivity contribution in [1.82, 2.24) is 15.0 Å². The van der Waals surface area contributed by atoms with E-state index in [2.05, 4.69) is 29.0 Å². The number of aromatic nitrogens is 3. The molecule has 1 amide bonds. The summed E-state index contributed by atoms with van der Waals surface area (Å²) in [6.07, 6.45) is 1.93. The Bertz CT molecular complexity index is 1460. The van der Waals surface area contributed by atoms with E-state index in [0.29, 0.717) is 17.6 Å². The third kappa shape index (κ3) is 4.67. The summed E-state index contributed by atoms with van der Waals surface area (Å²) in [4.78, 5) is 31.3. The number of carbonyl (C=O) groups excluding carboxylic acids is 1. The van der Waals surface area contributed by atoms with Gasteiger partial charge in [-0.2, -0.15) is 0 Å². The third-order valence-electron chi connectivity index (χ3n) is 5.96. The quantitative estimate of drug-likeness (QED) is 0.367. The lowest BCUT2D eigenvalue weighted by Gasteiger charge is -2.27. The zero-order chi connectivity index (χ0) is 24.7. The molecular weight excluding hydrogens is 502 g/mol. The number of carbonyl (C=O) groups is 1. The van der Waals surface area contributed by atoms with E-state index in [0.717, 1.165) is 31.6 Å². The van der Waals surface area contributed by atoms with Gasteiger partial charge in [0.15, 0.2) is 20.1 Å². The number of fused-ring (bicyclic) bond motifs is 2. The van der Waals surface area contributed by atoms with E-state index >= 15 is 0 Å². The largest absolute Gasteiger partial charge is 0.334 e. The van der Waals surface area contributed by atoms with Gasteiger partial charge >= 0.3 is 0 Å². The molecule has 182 valence electrons. The van der Waals surface area contributed by atoms with Crippen molar-refractivity contribution in [3.63, 3.8) is 0 Å². The number of nitrogens with one attached hydrogen (secondary N) is 1. The zero-order valence-corrected chi connectivity index (χ0v) is 22.0. The van der Waals surface area contributed by atoms with E-state index < -0.39 is 9.84 Å². The minimum atomic E-state index is -3.26. The number of sulfone groups is 1. The molecule has 0 spiro atoms. The molecule has 0 saturated carbocycles. The van der Waals surface area contributed by atoms with Gasteiger partial charge in [0.2, 0.25) is 5.91 Å². The molecule has 8 nitrogen and oxygen atoms in total. The molecule has 5 rings (SSSR count). The fourth-order valence-corrected chi connectivity index (χ4v) is 7.08. The third-order valence-corrected chi connectivity index (χ3v) is 9.70. The van der Waals surface area contributed by atoms with Crippen molar-refractivity contribution in [1.29, 1.82) is 0 Å². The van der Waals surface area contributed by atoms with Gasteiger partial charge in [0.25, 0.3) is 0 Å². The Labute approximate surface area is 212 Å². The number of hydrogen-bond donors (Lipinski definition) is 1. The molecule has 0 saturated heterocycles. The van der Waals surface area contributed by atoms with E-state index in [9.17, 15) is 13.2 Å². The molecule has 11 heteroatoms. The van der Waals surface area contributed by atoms with Gasteiger partial charge in [0.1, 0.15) is 10.3 Å². The predicted octanol–water partition coefficient (Wildman–Crippen LogP) is 4.84. The van der Waals surface area contributed by atoms with Crippen molar-refractivity contribution < 1.29 is 13.2 Å². The van der Waals surface area contributed by atoms with E-state index in [-0.39, 0.29) is 29.0 Å². The number of rotatable bonds is 7. The first-order valence-electron chi connectivity index (χ1n) is 11.3. The van der Waals surface area contributed by atoms with Crippen LogP contribution in [0.2, 0.25) is 0 Å². The summed E-state index contributed by atoms with van der Waals surface area (Å²) in [6, 6.07) is 10.4. The SMILES string of the molecule is CCS(=O)(=O)c1ccc(CC(=O)Nc2nc3c(s2)CN(c2nc4cccnc4s2)C3C(C)C)cc1. The number of pyridine rings is 1. The van der Waals surface area contributed by atoms with Gasteiger partial charge in [0.05, 0.1) is 40.2 Å². The summed E-state index contributed by atoms with van der Waals surface area (Å²) in [5, 5.41) is 4.44. The van der Waals surface area contributed by atoms with Crippen molar-refractivity contribution in [2.75, 3.05) is 16.0 Å². The lowest BCUT2D eigenvalue weighted by atomic mass is 10.0. The monoisotopic (exact) mass is 527 g/mol. The first-order chi connectivity index (χ1) is 16.7. The highest BCUT2D eigenvalue weighted by atomic mass is 32.2. The van der Waals surface area contributed by atoms with Crippen LogP contribution in [0.4, 0.5) is 10.3 Å². The van der Waals surface area contributed by atoms with Crippen molar-refractivity contribution in [3.05, 3.63) is 58.7 Å². The topological polar surface area (TPSA) is 105 Å². The molecule has 1 N–H and O–H groups in total. The van der Waals surface area contributed by atoms with E-state index in [4.69, 9.17) is 9.97 Å². The van der Waals surface area contributed by atoms with Crippen LogP contribution in [-0.4, -0.2) is 35.0 Å². The second kappa shape index (κ2) is 9.29. The van der Waals surface area contributed by atoms with Crippen molar-refractivity contribution in [2.24, 2.45) is 5.92 Å². The van der Waals surface area contributed by atoms with Gasteiger partial charge < -0.3 is 10.2 Å². The van der Waals surface area contributed by atoms with Gasteiger partial charge in [-0.05, 0) is 35.7 Å². The number of anilines is 2. The Kier molecular flexibility index (Phi) is 6.32. The Balaban J connectivity index is 1.30. The average Bonchev–Trinajstić information content (AvgIpc) is 3.51. The molecule has 4 heterocycles. The Morgan fingerprint density at radius 3 is 2.63 bits per heavy atom. The smallest absolute Gasteiger partial charge is 0.230 e. The van der Waals surface area contributed by atoms with Crippen LogP contribution >= 0.6 is 22.7 Å². The van der Waals surface area contributed by atoms with Gasteiger partial charge in [-0.25, -0.2) is 23.4 Å². The maximum absolute atomic E-state index is 12.7. The summed E-state index contributed by atoms with van der Waals surface area (Å²) in [7, 11) is -3.26. The van der Waals surface area contributed by atoms with Crippen LogP contribution in [0.15, 0.2) is 47.5 Å². The van der Waals surface area contributed by atoms with Crippen LogP contribution in [0.3, 0.4) is 0 Å². The molecular formula is C24H25N5O3S3. The molecule has 0 bridgehead atoms.